The monoisotopic (exact) mass is 602 g/mol. The fourth-order valence-corrected chi connectivity index (χ4v) is 4.86. The van der Waals surface area contributed by atoms with Crippen LogP contribution in [0, 0.1) is 0 Å². The molecule has 39 heavy (non-hydrogen) atoms. The van der Waals surface area contributed by atoms with Crippen molar-refractivity contribution < 1.29 is 14.5 Å². The molecule has 0 radical (unpaired) electrons. The Morgan fingerprint density at radius 2 is 0.974 bits per heavy atom. The summed E-state index contributed by atoms with van der Waals surface area (Å²) in [5, 5.41) is 10.9. The molecule has 0 spiro atoms. The van der Waals surface area contributed by atoms with Crippen LogP contribution in [0.5, 0.6) is 5.75 Å². The first-order chi connectivity index (χ1) is 18.1. The number of phenols is 1. The van der Waals surface area contributed by atoms with E-state index < -0.39 is 5.69 Å². The quantitative estimate of drug-likeness (QED) is 0.0888. The summed E-state index contributed by atoms with van der Waals surface area (Å²) >= 11 is 7.81. The molecule has 0 fully saturated rings. The van der Waals surface area contributed by atoms with Gasteiger partial charge in [-0.2, -0.15) is 0 Å². The van der Waals surface area contributed by atoms with E-state index in [9.17, 15) is 5.11 Å². The van der Waals surface area contributed by atoms with Gasteiger partial charge in [-0.25, -0.2) is 0 Å². The average Bonchev–Trinajstić information content (AvgIpc) is 2.83. The fraction of sp³-hybridized carbons (Fsp3) is 0.818. The first-order valence-corrected chi connectivity index (χ1v) is 19.4. The summed E-state index contributed by atoms with van der Waals surface area (Å²) < 4.78 is 4.28. The van der Waals surface area contributed by atoms with Gasteiger partial charge in [-0.05, 0) is 52.2 Å². The van der Waals surface area contributed by atoms with Crippen molar-refractivity contribution in [3.05, 3.63) is 28.8 Å². The smallest absolute Gasteiger partial charge is 0.241 e. The van der Waals surface area contributed by atoms with Crippen LogP contribution in [0.2, 0.25) is 0 Å². The lowest BCUT2D eigenvalue weighted by Gasteiger charge is -2.28. The van der Waals surface area contributed by atoms with Crippen LogP contribution in [0.25, 0.3) is 0 Å². The molecule has 0 bridgehead atoms. The van der Waals surface area contributed by atoms with E-state index in [0.29, 0.717) is 5.75 Å². The Morgan fingerprint density at radius 3 is 1.23 bits per heavy atom. The molecule has 1 atom stereocenters. The Labute approximate surface area is 253 Å². The maximum atomic E-state index is 10.9. The van der Waals surface area contributed by atoms with E-state index in [1.165, 1.54) is 115 Å². The minimum atomic E-state index is -2.62. The van der Waals surface area contributed by atoms with Gasteiger partial charge in [-0.3, -0.25) is 0 Å². The third-order valence-corrected chi connectivity index (χ3v) is 8.76. The Bertz CT molecular complexity index is 771. The maximum Gasteiger partial charge on any atom is 0.241 e. The molecule has 6 heteroatoms. The number of aromatic hydroxyl groups is 1. The minimum Gasteiger partial charge on any atom is -0.507 e. The fourth-order valence-electron chi connectivity index (χ4n) is 4.86. The van der Waals surface area contributed by atoms with Gasteiger partial charge in [0.25, 0.3) is 0 Å². The van der Waals surface area contributed by atoms with E-state index in [1.54, 1.807) is 0 Å². The summed E-state index contributed by atoms with van der Waals surface area (Å²) in [4.78, 5) is 8.39. The van der Waals surface area contributed by atoms with Crippen molar-refractivity contribution in [1.29, 1.82) is 0 Å². The van der Waals surface area contributed by atoms with Crippen LogP contribution < -0.4 is 0 Å². The van der Waals surface area contributed by atoms with Crippen LogP contribution >= 0.6 is 17.9 Å². The largest absolute Gasteiger partial charge is 0.507 e. The van der Waals surface area contributed by atoms with Crippen molar-refractivity contribution in [2.45, 2.75) is 168 Å². The number of benzene rings is 1. The molecule has 230 valence electrons. The van der Waals surface area contributed by atoms with E-state index in [0.717, 1.165) is 17.5 Å². The summed E-state index contributed by atoms with van der Waals surface area (Å²) in [7, 11) is 1.33. The van der Waals surface area contributed by atoms with E-state index in [1.807, 2.05) is 0 Å². The number of hydrogen-bond donors (Lipinski definition) is 3. The Balaban J connectivity index is 0.00000215. The molecule has 1 unspecified atom stereocenters. The SMILES string of the molecule is CCCCCCCCCCCCCCCCCCc1cc(C(C)(C)C)c(O)c(C(C)(C)C)c1.COP(O)(=S)S. The van der Waals surface area contributed by atoms with Gasteiger partial charge >= 0.3 is 0 Å². The molecule has 2 N–H and O–H groups in total. The van der Waals surface area contributed by atoms with E-state index in [-0.39, 0.29) is 10.8 Å². The molecule has 0 aromatic heterocycles. The van der Waals surface area contributed by atoms with Gasteiger partial charge in [0.05, 0.1) is 0 Å². The first-order valence-electron chi connectivity index (χ1n) is 15.6. The molecule has 0 amide bonds. The normalized spacial score (nSPS) is 13.6. The Kier molecular flexibility index (Phi) is 20.7. The molecule has 1 rings (SSSR count). The van der Waals surface area contributed by atoms with Crippen molar-refractivity contribution in [3.8, 4) is 5.75 Å². The highest BCUT2D eigenvalue weighted by atomic mass is 32.9. The number of aryl methyl sites for hydroxylation is 1. The van der Waals surface area contributed by atoms with Gasteiger partial charge in [0.15, 0.2) is 0 Å². The second kappa shape index (κ2) is 20.8. The summed E-state index contributed by atoms with van der Waals surface area (Å²) in [5.74, 6) is 0.505. The standard InChI is InChI=1S/C32H58O.CH5O2PS2/c1-8-9-10-11-12-13-14-15-16-17-18-19-20-21-22-23-24-27-25-28(31(2,3)4)30(33)29(26-27)32(5,6)7;1-3-4(2,5)6/h25-26,33H,8-24H2,1-7H3;1H3,(H2,2,5,6). The predicted octanol–water partition coefficient (Wildman–Crippen LogP) is 11.6. The first kappa shape index (κ1) is 38.9. The molecule has 0 saturated heterocycles. The molecular weight excluding hydrogens is 539 g/mol. The van der Waals surface area contributed by atoms with Crippen molar-refractivity contribution in [2.75, 3.05) is 7.11 Å². The number of phenolic OH excluding ortho intramolecular Hbond substituents is 1. The van der Waals surface area contributed by atoms with Crippen LogP contribution in [0.1, 0.15) is 168 Å². The molecule has 1 aromatic rings. The predicted molar refractivity (Wildman–Crippen MR) is 181 cm³/mol. The highest BCUT2D eigenvalue weighted by Crippen LogP contribution is 2.45. The second-order valence-electron chi connectivity index (χ2n) is 13.3. The number of hydrogen-bond acceptors (Lipinski definition) is 3. The zero-order chi connectivity index (χ0) is 30.0. The van der Waals surface area contributed by atoms with Gasteiger partial charge in [0.1, 0.15) is 5.75 Å². The molecule has 0 saturated carbocycles. The van der Waals surface area contributed by atoms with Crippen molar-refractivity contribution in [3.63, 3.8) is 0 Å². The van der Waals surface area contributed by atoms with Crippen molar-refractivity contribution in [2.24, 2.45) is 0 Å². The molecule has 3 nitrogen and oxygen atoms in total. The van der Waals surface area contributed by atoms with Crippen LogP contribution in [0.15, 0.2) is 12.1 Å². The van der Waals surface area contributed by atoms with Crippen molar-refractivity contribution >= 4 is 29.7 Å². The number of unbranched alkanes of at least 4 members (excludes halogenated alkanes) is 15. The van der Waals surface area contributed by atoms with Crippen LogP contribution in [0.3, 0.4) is 0 Å². The van der Waals surface area contributed by atoms with Gasteiger partial charge in [0, 0.05) is 7.11 Å². The third-order valence-electron chi connectivity index (χ3n) is 7.34. The van der Waals surface area contributed by atoms with Gasteiger partial charge in [0.2, 0.25) is 5.69 Å². The maximum absolute atomic E-state index is 10.9. The van der Waals surface area contributed by atoms with Gasteiger partial charge in [-0.1, -0.05) is 169 Å². The molecule has 0 aliphatic heterocycles. The average molecular weight is 603 g/mol. The summed E-state index contributed by atoms with van der Waals surface area (Å²) in [6.45, 7) is 15.5. The Morgan fingerprint density at radius 1 is 0.692 bits per heavy atom. The van der Waals surface area contributed by atoms with Gasteiger partial charge < -0.3 is 14.5 Å². The molecular formula is C33H63O3PS2. The van der Waals surface area contributed by atoms with Crippen LogP contribution in [-0.4, -0.2) is 17.1 Å². The molecule has 0 aliphatic rings. The summed E-state index contributed by atoms with van der Waals surface area (Å²) in [5.41, 5.74) is 0.909. The molecule has 1 aromatic carbocycles. The second-order valence-corrected chi connectivity index (χ2v) is 18.5. The van der Waals surface area contributed by atoms with Crippen LogP contribution in [0.4, 0.5) is 0 Å². The summed E-state index contributed by atoms with van der Waals surface area (Å²) in [6, 6.07) is 4.52. The lowest BCUT2D eigenvalue weighted by atomic mass is 9.78. The summed E-state index contributed by atoms with van der Waals surface area (Å²) in [6.07, 6.45) is 23.7. The van der Waals surface area contributed by atoms with Gasteiger partial charge in [-0.15, -0.1) is 0 Å². The molecule has 0 heterocycles. The van der Waals surface area contributed by atoms with Crippen LogP contribution in [-0.2, 0) is 33.6 Å². The molecule has 0 aliphatic carbocycles. The highest BCUT2D eigenvalue weighted by Gasteiger charge is 2.26. The topological polar surface area (TPSA) is 49.7 Å². The zero-order valence-electron chi connectivity index (χ0n) is 26.8. The minimum absolute atomic E-state index is 0.0330. The van der Waals surface area contributed by atoms with E-state index in [2.05, 4.69) is 89.2 Å². The lowest BCUT2D eigenvalue weighted by Crippen LogP contribution is -2.18. The number of thiol groups is 1. The lowest BCUT2D eigenvalue weighted by molar-refractivity contribution is 0.405. The van der Waals surface area contributed by atoms with E-state index >= 15 is 0 Å². The zero-order valence-corrected chi connectivity index (χ0v) is 29.4. The number of rotatable bonds is 18. The van der Waals surface area contributed by atoms with Crippen molar-refractivity contribution in [1.82, 2.24) is 0 Å². The third kappa shape index (κ3) is 20.5. The highest BCUT2D eigenvalue weighted by molar-refractivity contribution is 8.59. The van der Waals surface area contributed by atoms with E-state index in [4.69, 9.17) is 4.89 Å². The Hall–Kier alpha value is -0.0600.